The summed E-state index contributed by atoms with van der Waals surface area (Å²) in [4.78, 5) is 0.0943. The number of nitrogens with zero attached hydrogens (tertiary/aromatic N) is 3. The minimum atomic E-state index is -3.79. The first-order valence-electron chi connectivity index (χ1n) is 6.41. The quantitative estimate of drug-likeness (QED) is 0.909. The lowest BCUT2D eigenvalue weighted by Crippen LogP contribution is -2.45. The molecule has 8 heteroatoms. The zero-order valence-corrected chi connectivity index (χ0v) is 13.0. The highest BCUT2D eigenvalue weighted by atomic mass is 32.2. The highest BCUT2D eigenvalue weighted by molar-refractivity contribution is 7.92. The van der Waals surface area contributed by atoms with Gasteiger partial charge in [-0.2, -0.15) is 12.8 Å². The van der Waals surface area contributed by atoms with E-state index in [0.717, 1.165) is 15.7 Å². The van der Waals surface area contributed by atoms with Crippen molar-refractivity contribution in [3.63, 3.8) is 0 Å². The van der Waals surface area contributed by atoms with Crippen molar-refractivity contribution in [1.29, 1.82) is 0 Å². The van der Waals surface area contributed by atoms with Crippen LogP contribution in [0.2, 0.25) is 0 Å². The number of aromatic nitrogens is 1. The zero-order valence-electron chi connectivity index (χ0n) is 12.2. The smallest absolute Gasteiger partial charge is 0.284 e. The van der Waals surface area contributed by atoms with Crippen molar-refractivity contribution in [3.05, 3.63) is 35.2 Å². The van der Waals surface area contributed by atoms with Crippen LogP contribution in [0.1, 0.15) is 17.0 Å². The van der Waals surface area contributed by atoms with Gasteiger partial charge in [0.1, 0.15) is 5.69 Å². The van der Waals surface area contributed by atoms with E-state index in [1.807, 2.05) is 19.1 Å². The van der Waals surface area contributed by atoms with Gasteiger partial charge in [0.15, 0.2) is 10.7 Å². The van der Waals surface area contributed by atoms with Crippen molar-refractivity contribution < 1.29 is 12.9 Å². The Morgan fingerprint density at radius 2 is 1.90 bits per heavy atom. The van der Waals surface area contributed by atoms with Crippen LogP contribution in [0.4, 0.5) is 11.4 Å². The van der Waals surface area contributed by atoms with E-state index < -0.39 is 10.0 Å². The van der Waals surface area contributed by atoms with Crippen LogP contribution in [0.3, 0.4) is 0 Å². The molecule has 2 heterocycles. The Bertz CT molecular complexity index is 793. The number of hydrogen-bond donors (Lipinski definition) is 1. The van der Waals surface area contributed by atoms with Gasteiger partial charge in [-0.15, -0.1) is 5.53 Å². The molecule has 2 aromatic rings. The number of hydrogen-bond acceptors (Lipinski definition) is 6. The molecule has 0 spiro atoms. The molecule has 0 radical (unpaired) electrons. The van der Waals surface area contributed by atoms with Crippen LogP contribution >= 0.6 is 0 Å². The summed E-state index contributed by atoms with van der Waals surface area (Å²) in [6.45, 7) is 5.15. The number of rotatable bonds is 2. The lowest BCUT2D eigenvalue weighted by molar-refractivity contribution is 0.390. The molecule has 1 N–H and O–H groups in total. The Balaban J connectivity index is 2.15. The maximum Gasteiger partial charge on any atom is 0.284 e. The van der Waals surface area contributed by atoms with Gasteiger partial charge in [-0.3, -0.25) is 5.01 Å². The van der Waals surface area contributed by atoms with Gasteiger partial charge in [0.05, 0.1) is 11.4 Å². The average Bonchev–Trinajstić information content (AvgIpc) is 2.91. The second kappa shape index (κ2) is 4.47. The van der Waals surface area contributed by atoms with E-state index >= 15 is 0 Å². The van der Waals surface area contributed by atoms with Crippen LogP contribution in [-0.4, -0.2) is 20.6 Å². The molecule has 0 saturated heterocycles. The molecular formula is C13H16N4O3S. The number of anilines is 2. The van der Waals surface area contributed by atoms with Crippen molar-refractivity contribution in [2.24, 2.45) is 0 Å². The van der Waals surface area contributed by atoms with Gasteiger partial charge < -0.3 is 4.52 Å². The molecule has 112 valence electrons. The number of aryl methyl sites for hydroxylation is 3. The van der Waals surface area contributed by atoms with Gasteiger partial charge in [-0.05, 0) is 38.5 Å². The fraction of sp³-hybridized carbons (Fsp3) is 0.308. The molecule has 0 bridgehead atoms. The monoisotopic (exact) mass is 308 g/mol. The predicted octanol–water partition coefficient (Wildman–Crippen LogP) is 1.66. The van der Waals surface area contributed by atoms with Crippen molar-refractivity contribution in [2.75, 3.05) is 16.5 Å². The van der Waals surface area contributed by atoms with Crippen molar-refractivity contribution in [2.45, 2.75) is 25.7 Å². The summed E-state index contributed by atoms with van der Waals surface area (Å²) in [5, 5.41) is 5.39. The number of fused-ring (bicyclic) bond motifs is 1. The Morgan fingerprint density at radius 1 is 1.19 bits per heavy atom. The Hall–Kier alpha value is -2.06. The second-order valence-electron chi connectivity index (χ2n) is 5.07. The third-order valence-electron chi connectivity index (χ3n) is 3.42. The van der Waals surface area contributed by atoms with Gasteiger partial charge in [0, 0.05) is 7.05 Å². The largest absolute Gasteiger partial charge is 0.360 e. The van der Waals surface area contributed by atoms with E-state index in [0.29, 0.717) is 11.4 Å². The fourth-order valence-corrected chi connectivity index (χ4v) is 4.07. The first-order valence-corrected chi connectivity index (χ1v) is 7.85. The molecule has 3 rings (SSSR count). The average molecular weight is 308 g/mol. The van der Waals surface area contributed by atoms with Gasteiger partial charge in [-0.1, -0.05) is 11.2 Å². The molecule has 21 heavy (non-hydrogen) atoms. The van der Waals surface area contributed by atoms with Crippen LogP contribution in [-0.2, 0) is 10.0 Å². The third-order valence-corrected chi connectivity index (χ3v) is 5.28. The lowest BCUT2D eigenvalue weighted by atomic mass is 10.2. The maximum absolute atomic E-state index is 12.9. The van der Waals surface area contributed by atoms with E-state index in [1.165, 1.54) is 0 Å². The minimum absolute atomic E-state index is 0.0943. The normalized spacial score (nSPS) is 14.7. The molecule has 0 aliphatic carbocycles. The molecule has 0 amide bonds. The zero-order chi connectivity index (χ0) is 15.4. The first kappa shape index (κ1) is 13.9. The summed E-state index contributed by atoms with van der Waals surface area (Å²) in [6, 6.07) is 5.57. The van der Waals surface area contributed by atoms with Crippen LogP contribution in [0.25, 0.3) is 0 Å². The fourth-order valence-electron chi connectivity index (χ4n) is 2.44. The molecule has 1 aliphatic rings. The van der Waals surface area contributed by atoms with E-state index in [-0.39, 0.29) is 10.7 Å². The molecule has 0 unspecified atom stereocenters. The number of benzene rings is 1. The molecule has 1 aliphatic heterocycles. The molecule has 0 atom stereocenters. The summed E-state index contributed by atoms with van der Waals surface area (Å²) < 4.78 is 31.9. The molecule has 0 fully saturated rings. The van der Waals surface area contributed by atoms with Gasteiger partial charge in [0.25, 0.3) is 10.0 Å². The van der Waals surface area contributed by atoms with E-state index in [2.05, 4.69) is 10.7 Å². The highest BCUT2D eigenvalue weighted by Gasteiger charge is 2.37. The predicted molar refractivity (Wildman–Crippen MR) is 78.4 cm³/mol. The number of nitrogens with one attached hydrogen (secondary N) is 1. The van der Waals surface area contributed by atoms with Crippen molar-refractivity contribution in [1.82, 2.24) is 10.7 Å². The second-order valence-corrected chi connectivity index (χ2v) is 6.80. The van der Waals surface area contributed by atoms with Crippen molar-refractivity contribution in [3.8, 4) is 0 Å². The van der Waals surface area contributed by atoms with E-state index in [9.17, 15) is 8.42 Å². The number of hydrazine groups is 2. The lowest BCUT2D eigenvalue weighted by Gasteiger charge is -2.19. The van der Waals surface area contributed by atoms with Crippen molar-refractivity contribution >= 4 is 21.4 Å². The van der Waals surface area contributed by atoms with Gasteiger partial charge in [0.2, 0.25) is 0 Å². The van der Waals surface area contributed by atoms with Gasteiger partial charge in [-0.25, -0.2) is 0 Å². The van der Waals surface area contributed by atoms with Gasteiger partial charge >= 0.3 is 0 Å². The summed E-state index contributed by atoms with van der Waals surface area (Å²) in [7, 11) is -2.03. The topological polar surface area (TPSA) is 78.7 Å². The SMILES string of the molecule is Cc1ccc2c(c1)N(C)NN2S(=O)(=O)c1c(C)noc1C. The third kappa shape index (κ3) is 1.98. The standard InChI is InChI=1S/C13H16N4O3S/c1-8-5-6-11-12(7-8)16(4)15-17(11)21(18,19)13-9(2)14-20-10(13)3/h5-7,15H,1-4H3. The maximum atomic E-state index is 12.9. The summed E-state index contributed by atoms with van der Waals surface area (Å²) >= 11 is 0. The van der Waals surface area contributed by atoms with Crippen LogP contribution in [0.5, 0.6) is 0 Å². The summed E-state index contributed by atoms with van der Waals surface area (Å²) in [6.07, 6.45) is 0. The summed E-state index contributed by atoms with van der Waals surface area (Å²) in [5.41, 5.74) is 5.61. The molecular weight excluding hydrogens is 292 g/mol. The molecule has 7 nitrogen and oxygen atoms in total. The Morgan fingerprint density at radius 3 is 2.52 bits per heavy atom. The molecule has 1 aromatic carbocycles. The van der Waals surface area contributed by atoms with Crippen LogP contribution in [0, 0.1) is 20.8 Å². The number of sulfonamides is 1. The summed E-state index contributed by atoms with van der Waals surface area (Å²) in [5.74, 6) is 0.275. The first-order chi connectivity index (χ1) is 9.82. The van der Waals surface area contributed by atoms with Crippen LogP contribution < -0.4 is 15.0 Å². The van der Waals surface area contributed by atoms with Crippen LogP contribution in [0.15, 0.2) is 27.6 Å². The minimum Gasteiger partial charge on any atom is -0.360 e. The molecule has 1 aromatic heterocycles. The van der Waals surface area contributed by atoms with E-state index in [4.69, 9.17) is 4.52 Å². The Kier molecular flexibility index (Phi) is 2.96. The highest BCUT2D eigenvalue weighted by Crippen LogP contribution is 2.37. The Labute approximate surface area is 123 Å². The molecule has 0 saturated carbocycles. The van der Waals surface area contributed by atoms with E-state index in [1.54, 1.807) is 32.0 Å².